The first-order valence-corrected chi connectivity index (χ1v) is 9.66. The molecule has 0 fully saturated rings. The number of nitrogens with zero attached hydrogens (tertiary/aromatic N) is 2. The SMILES string of the molecule is Cc1nc(Br)c(-c2ccc(C(C)CNC(=O)OC(C)(C)C)cc2)cc1[N+](=O)[O-]. The number of benzene rings is 1. The minimum atomic E-state index is -0.535. The highest BCUT2D eigenvalue weighted by molar-refractivity contribution is 9.10. The van der Waals surface area contributed by atoms with Crippen molar-refractivity contribution in [1.29, 1.82) is 0 Å². The Balaban J connectivity index is 2.12. The number of rotatable bonds is 5. The van der Waals surface area contributed by atoms with Crippen LogP contribution in [-0.4, -0.2) is 28.1 Å². The average Bonchev–Trinajstić information content (AvgIpc) is 2.58. The monoisotopic (exact) mass is 449 g/mol. The normalized spacial score (nSPS) is 12.4. The molecule has 0 aliphatic carbocycles. The number of alkyl carbamates (subject to hydrolysis) is 1. The van der Waals surface area contributed by atoms with E-state index < -0.39 is 16.6 Å². The van der Waals surface area contributed by atoms with Gasteiger partial charge in [0.05, 0.1) is 4.92 Å². The van der Waals surface area contributed by atoms with Gasteiger partial charge in [-0.25, -0.2) is 9.78 Å². The van der Waals surface area contributed by atoms with E-state index in [9.17, 15) is 14.9 Å². The summed E-state index contributed by atoms with van der Waals surface area (Å²) in [6, 6.07) is 9.18. The third kappa shape index (κ3) is 5.76. The number of hydrogen-bond acceptors (Lipinski definition) is 5. The lowest BCUT2D eigenvalue weighted by Crippen LogP contribution is -2.34. The van der Waals surface area contributed by atoms with Crippen molar-refractivity contribution in [2.24, 2.45) is 0 Å². The van der Waals surface area contributed by atoms with Crippen LogP contribution in [0.4, 0.5) is 10.5 Å². The number of carbonyl (C=O) groups is 1. The van der Waals surface area contributed by atoms with E-state index in [-0.39, 0.29) is 11.6 Å². The van der Waals surface area contributed by atoms with E-state index in [0.717, 1.165) is 11.1 Å². The Morgan fingerprint density at radius 3 is 2.46 bits per heavy atom. The molecule has 0 saturated carbocycles. The predicted octanol–water partition coefficient (Wildman–Crippen LogP) is 5.36. The maximum absolute atomic E-state index is 11.8. The first-order valence-electron chi connectivity index (χ1n) is 8.86. The van der Waals surface area contributed by atoms with E-state index in [1.165, 1.54) is 6.07 Å². The highest BCUT2D eigenvalue weighted by atomic mass is 79.9. The van der Waals surface area contributed by atoms with E-state index >= 15 is 0 Å². The number of aromatic nitrogens is 1. The third-order valence-corrected chi connectivity index (χ3v) is 4.68. The average molecular weight is 450 g/mol. The number of nitro groups is 1. The van der Waals surface area contributed by atoms with Crippen LogP contribution in [-0.2, 0) is 4.74 Å². The quantitative estimate of drug-likeness (QED) is 0.376. The first kappa shape index (κ1) is 21.8. The zero-order chi connectivity index (χ0) is 21.1. The summed E-state index contributed by atoms with van der Waals surface area (Å²) in [7, 11) is 0. The fourth-order valence-electron chi connectivity index (χ4n) is 2.61. The lowest BCUT2D eigenvalue weighted by molar-refractivity contribution is -0.385. The van der Waals surface area contributed by atoms with Crippen LogP contribution in [0, 0.1) is 17.0 Å². The second-order valence-electron chi connectivity index (χ2n) is 7.59. The third-order valence-electron chi connectivity index (χ3n) is 4.08. The molecule has 0 aliphatic heterocycles. The molecule has 0 aliphatic rings. The van der Waals surface area contributed by atoms with Gasteiger partial charge in [0.2, 0.25) is 0 Å². The lowest BCUT2D eigenvalue weighted by atomic mass is 9.98. The van der Waals surface area contributed by atoms with Gasteiger partial charge in [-0.3, -0.25) is 10.1 Å². The molecule has 1 aromatic carbocycles. The lowest BCUT2D eigenvalue weighted by Gasteiger charge is -2.21. The molecule has 2 rings (SSSR count). The molecule has 0 saturated heterocycles. The van der Waals surface area contributed by atoms with E-state index in [1.807, 2.05) is 52.0 Å². The molecule has 150 valence electrons. The molecule has 1 unspecified atom stereocenters. The van der Waals surface area contributed by atoms with Crippen LogP contribution in [0.2, 0.25) is 0 Å². The van der Waals surface area contributed by atoms with Gasteiger partial charge < -0.3 is 10.1 Å². The summed E-state index contributed by atoms with van der Waals surface area (Å²) in [4.78, 5) is 26.8. The second kappa shape index (κ2) is 8.68. The summed E-state index contributed by atoms with van der Waals surface area (Å²) in [5.74, 6) is 0.0792. The van der Waals surface area contributed by atoms with E-state index in [4.69, 9.17) is 4.74 Å². The van der Waals surface area contributed by atoms with Crippen LogP contribution < -0.4 is 5.32 Å². The minimum absolute atomic E-state index is 0.0165. The van der Waals surface area contributed by atoms with Crippen molar-refractivity contribution in [2.45, 2.75) is 46.1 Å². The van der Waals surface area contributed by atoms with Crippen molar-refractivity contribution in [3.05, 3.63) is 56.3 Å². The fourth-order valence-corrected chi connectivity index (χ4v) is 3.22. The summed E-state index contributed by atoms with van der Waals surface area (Å²) in [5, 5.41) is 13.9. The Hall–Kier alpha value is -2.48. The van der Waals surface area contributed by atoms with Gasteiger partial charge in [-0.15, -0.1) is 0 Å². The summed E-state index contributed by atoms with van der Waals surface area (Å²) < 4.78 is 5.80. The van der Waals surface area contributed by atoms with Crippen LogP contribution >= 0.6 is 15.9 Å². The summed E-state index contributed by atoms with van der Waals surface area (Å²) in [6.45, 7) is 9.50. The van der Waals surface area contributed by atoms with Gasteiger partial charge in [0.25, 0.3) is 5.69 Å². The van der Waals surface area contributed by atoms with Gasteiger partial charge in [-0.2, -0.15) is 0 Å². The highest BCUT2D eigenvalue weighted by Crippen LogP contribution is 2.32. The maximum Gasteiger partial charge on any atom is 0.407 e. The van der Waals surface area contributed by atoms with Crippen molar-refractivity contribution in [3.8, 4) is 11.1 Å². The van der Waals surface area contributed by atoms with Crippen molar-refractivity contribution in [1.82, 2.24) is 10.3 Å². The van der Waals surface area contributed by atoms with E-state index in [1.54, 1.807) is 6.92 Å². The van der Waals surface area contributed by atoms with Gasteiger partial charge in [0.1, 0.15) is 15.9 Å². The number of aryl methyl sites for hydroxylation is 1. The molecule has 1 heterocycles. The Kier molecular flexibility index (Phi) is 6.77. The molecule has 28 heavy (non-hydrogen) atoms. The molecule has 1 aromatic heterocycles. The van der Waals surface area contributed by atoms with Crippen molar-refractivity contribution < 1.29 is 14.5 Å². The van der Waals surface area contributed by atoms with Crippen molar-refractivity contribution in [2.75, 3.05) is 6.54 Å². The maximum atomic E-state index is 11.8. The van der Waals surface area contributed by atoms with Gasteiger partial charge in [0, 0.05) is 18.2 Å². The second-order valence-corrected chi connectivity index (χ2v) is 8.35. The zero-order valence-corrected chi connectivity index (χ0v) is 18.2. The molecule has 1 N–H and O–H groups in total. The van der Waals surface area contributed by atoms with Gasteiger partial charge in [0.15, 0.2) is 0 Å². The number of carbonyl (C=O) groups excluding carboxylic acids is 1. The molecule has 8 heteroatoms. The van der Waals surface area contributed by atoms with Crippen molar-refractivity contribution >= 4 is 27.7 Å². The summed E-state index contributed by atoms with van der Waals surface area (Å²) >= 11 is 3.38. The van der Waals surface area contributed by atoms with Gasteiger partial charge in [-0.05, 0) is 60.7 Å². The van der Waals surface area contributed by atoms with Crippen LogP contribution in [0.1, 0.15) is 44.9 Å². The van der Waals surface area contributed by atoms with Gasteiger partial charge in [-0.1, -0.05) is 31.2 Å². The van der Waals surface area contributed by atoms with Gasteiger partial charge >= 0.3 is 6.09 Å². The number of pyridine rings is 1. The molecule has 0 spiro atoms. The Morgan fingerprint density at radius 1 is 1.32 bits per heavy atom. The fraction of sp³-hybridized carbons (Fsp3) is 0.400. The Bertz CT molecular complexity index is 876. The molecule has 0 bridgehead atoms. The minimum Gasteiger partial charge on any atom is -0.444 e. The van der Waals surface area contributed by atoms with E-state index in [2.05, 4.69) is 26.2 Å². The number of hydrogen-bond donors (Lipinski definition) is 1. The van der Waals surface area contributed by atoms with Crippen LogP contribution in [0.5, 0.6) is 0 Å². The summed E-state index contributed by atoms with van der Waals surface area (Å²) in [5.41, 5.74) is 2.32. The molecular weight excluding hydrogens is 426 g/mol. The molecule has 1 amide bonds. The Morgan fingerprint density at radius 2 is 1.93 bits per heavy atom. The molecule has 1 atom stereocenters. The van der Waals surface area contributed by atoms with Crippen molar-refractivity contribution in [3.63, 3.8) is 0 Å². The first-order chi connectivity index (χ1) is 13.0. The number of halogens is 1. The number of nitrogens with one attached hydrogen (secondary N) is 1. The largest absolute Gasteiger partial charge is 0.444 e. The zero-order valence-electron chi connectivity index (χ0n) is 16.6. The van der Waals surface area contributed by atoms with Crippen LogP contribution in [0.3, 0.4) is 0 Å². The van der Waals surface area contributed by atoms with E-state index in [0.29, 0.717) is 22.4 Å². The molecule has 0 radical (unpaired) electrons. The summed E-state index contributed by atoms with van der Waals surface area (Å²) in [6.07, 6.45) is -0.446. The molecule has 7 nitrogen and oxygen atoms in total. The van der Waals surface area contributed by atoms with Crippen LogP contribution in [0.15, 0.2) is 34.9 Å². The number of amides is 1. The standard InChI is InChI=1S/C20H24BrN3O4/c1-12(11-22-19(25)28-20(3,4)5)14-6-8-15(9-7-14)16-10-17(24(26)27)13(2)23-18(16)21/h6-10,12H,11H2,1-5H3,(H,22,25). The Labute approximate surface area is 172 Å². The molecule has 2 aromatic rings. The smallest absolute Gasteiger partial charge is 0.407 e. The highest BCUT2D eigenvalue weighted by Gasteiger charge is 2.18. The predicted molar refractivity (Wildman–Crippen MR) is 111 cm³/mol. The number of ether oxygens (including phenoxy) is 1. The molecular formula is C20H24BrN3O4. The van der Waals surface area contributed by atoms with Crippen LogP contribution in [0.25, 0.3) is 11.1 Å². The topological polar surface area (TPSA) is 94.4 Å².